The molecule has 0 aliphatic carbocycles. The van der Waals surface area contributed by atoms with E-state index in [1.54, 1.807) is 7.11 Å². The number of methoxy groups -OCH3 is 1. The van der Waals surface area contributed by atoms with E-state index in [9.17, 15) is 4.79 Å². The molecule has 1 aromatic heterocycles. The Hall–Kier alpha value is -3.58. The fourth-order valence-electron chi connectivity index (χ4n) is 3.76. The van der Waals surface area contributed by atoms with Crippen LogP contribution in [0.15, 0.2) is 78.0 Å². The van der Waals surface area contributed by atoms with E-state index in [2.05, 4.69) is 40.6 Å². The van der Waals surface area contributed by atoms with Crippen molar-refractivity contribution in [3.05, 3.63) is 83.9 Å². The number of hydrogen-bond acceptors (Lipinski definition) is 5. The van der Waals surface area contributed by atoms with Gasteiger partial charge in [0.05, 0.1) is 12.9 Å². The third-order valence-corrected chi connectivity index (χ3v) is 6.56. The summed E-state index contributed by atoms with van der Waals surface area (Å²) in [7, 11) is 1.64. The van der Waals surface area contributed by atoms with Gasteiger partial charge in [-0.15, -0.1) is 10.2 Å². The highest BCUT2D eigenvalue weighted by Crippen LogP contribution is 2.29. The first-order chi connectivity index (χ1) is 17.1. The maximum Gasteiger partial charge on any atom is 0.234 e. The van der Waals surface area contributed by atoms with Crippen molar-refractivity contribution in [3.8, 4) is 22.8 Å². The largest absolute Gasteiger partial charge is 0.497 e. The summed E-state index contributed by atoms with van der Waals surface area (Å²) in [5.74, 6) is 1.63. The molecule has 0 saturated heterocycles. The van der Waals surface area contributed by atoms with Crippen LogP contribution in [0.1, 0.15) is 30.9 Å². The van der Waals surface area contributed by atoms with Gasteiger partial charge in [0.15, 0.2) is 11.0 Å². The molecule has 6 nitrogen and oxygen atoms in total. The Morgan fingerprint density at radius 3 is 2.49 bits per heavy atom. The third kappa shape index (κ3) is 6.31. The number of rotatable bonds is 10. The first-order valence-electron chi connectivity index (χ1n) is 11.8. The molecule has 0 atom stereocenters. The highest BCUT2D eigenvalue weighted by Gasteiger charge is 2.18. The van der Waals surface area contributed by atoms with Crippen LogP contribution in [-0.2, 0) is 11.2 Å². The number of nitrogens with one attached hydrogen (secondary N) is 1. The Kier molecular flexibility index (Phi) is 8.21. The number of thioether (sulfide) groups is 1. The Labute approximate surface area is 210 Å². The minimum atomic E-state index is -0.0855. The average Bonchev–Trinajstić information content (AvgIpc) is 3.31. The molecule has 1 N–H and O–H groups in total. The van der Waals surface area contributed by atoms with Crippen LogP contribution >= 0.6 is 11.8 Å². The molecule has 180 valence electrons. The van der Waals surface area contributed by atoms with Crippen LogP contribution in [0.2, 0.25) is 0 Å². The summed E-state index contributed by atoms with van der Waals surface area (Å²) in [5.41, 5.74) is 5.09. The maximum absolute atomic E-state index is 12.7. The molecule has 35 heavy (non-hydrogen) atoms. The van der Waals surface area contributed by atoms with E-state index in [0.29, 0.717) is 5.16 Å². The van der Waals surface area contributed by atoms with Crippen LogP contribution in [0.5, 0.6) is 5.75 Å². The second-order valence-corrected chi connectivity index (χ2v) is 9.29. The Bertz CT molecular complexity index is 1270. The number of hydrogen-bond donors (Lipinski definition) is 1. The number of nitrogens with zero attached hydrogens (tertiary/aromatic N) is 3. The lowest BCUT2D eigenvalue weighted by molar-refractivity contribution is -0.113. The first kappa shape index (κ1) is 24.5. The predicted octanol–water partition coefficient (Wildman–Crippen LogP) is 6.32. The summed E-state index contributed by atoms with van der Waals surface area (Å²) in [5, 5.41) is 12.5. The molecule has 7 heteroatoms. The summed E-state index contributed by atoms with van der Waals surface area (Å²) in [4.78, 5) is 12.7. The van der Waals surface area contributed by atoms with Crippen molar-refractivity contribution >= 4 is 23.4 Å². The topological polar surface area (TPSA) is 69.0 Å². The van der Waals surface area contributed by atoms with Gasteiger partial charge in [-0.05, 0) is 67.8 Å². The van der Waals surface area contributed by atoms with Gasteiger partial charge in [0.25, 0.3) is 0 Å². The molecule has 0 aliphatic heterocycles. The number of carbonyl (C=O) groups is 1. The van der Waals surface area contributed by atoms with E-state index >= 15 is 0 Å². The molecule has 0 bridgehead atoms. The van der Waals surface area contributed by atoms with E-state index < -0.39 is 0 Å². The van der Waals surface area contributed by atoms with Crippen molar-refractivity contribution in [2.24, 2.45) is 0 Å². The first-order valence-corrected chi connectivity index (χ1v) is 12.7. The van der Waals surface area contributed by atoms with Gasteiger partial charge in [0, 0.05) is 16.9 Å². The predicted molar refractivity (Wildman–Crippen MR) is 142 cm³/mol. The van der Waals surface area contributed by atoms with Gasteiger partial charge >= 0.3 is 0 Å². The van der Waals surface area contributed by atoms with Crippen molar-refractivity contribution < 1.29 is 9.53 Å². The molecule has 0 fully saturated rings. The average molecular weight is 487 g/mol. The Morgan fingerprint density at radius 2 is 1.80 bits per heavy atom. The van der Waals surface area contributed by atoms with Crippen molar-refractivity contribution in [2.45, 2.75) is 38.3 Å². The minimum Gasteiger partial charge on any atom is -0.497 e. The molecule has 3 aromatic carbocycles. The lowest BCUT2D eigenvalue weighted by Gasteiger charge is -2.12. The number of anilines is 1. The molecule has 0 spiro atoms. The second kappa shape index (κ2) is 11.7. The van der Waals surface area contributed by atoms with E-state index in [1.807, 2.05) is 66.1 Å². The number of carbonyl (C=O) groups excluding carboxylic acids is 1. The SMILES string of the molecule is CCCCc1ccc(NC(=O)CSc2nnc(-c3cccc(C)c3)n2-c2ccc(OC)cc2)cc1. The van der Waals surface area contributed by atoms with Gasteiger partial charge in [-0.2, -0.15) is 0 Å². The zero-order chi connectivity index (χ0) is 24.6. The summed E-state index contributed by atoms with van der Waals surface area (Å²) in [6, 6.07) is 24.0. The highest BCUT2D eigenvalue weighted by atomic mass is 32.2. The van der Waals surface area contributed by atoms with Crippen molar-refractivity contribution in [1.82, 2.24) is 14.8 Å². The number of unbranched alkanes of at least 4 members (excludes halogenated alkanes) is 1. The van der Waals surface area contributed by atoms with Gasteiger partial charge in [0.1, 0.15) is 5.75 Å². The van der Waals surface area contributed by atoms with Crippen molar-refractivity contribution in [3.63, 3.8) is 0 Å². The van der Waals surface area contributed by atoms with Gasteiger partial charge < -0.3 is 10.1 Å². The smallest absolute Gasteiger partial charge is 0.234 e. The summed E-state index contributed by atoms with van der Waals surface area (Å²) >= 11 is 1.36. The van der Waals surface area contributed by atoms with Crippen LogP contribution < -0.4 is 10.1 Å². The molecule has 4 rings (SSSR count). The molecule has 0 unspecified atom stereocenters. The fourth-order valence-corrected chi connectivity index (χ4v) is 4.51. The third-order valence-electron chi connectivity index (χ3n) is 5.63. The summed E-state index contributed by atoms with van der Waals surface area (Å²) in [6.45, 7) is 4.24. The number of amides is 1. The molecular weight excluding hydrogens is 456 g/mol. The number of aromatic nitrogens is 3. The lowest BCUT2D eigenvalue weighted by Crippen LogP contribution is -2.14. The minimum absolute atomic E-state index is 0.0855. The van der Waals surface area contributed by atoms with Crippen LogP contribution in [0.4, 0.5) is 5.69 Å². The molecule has 1 amide bonds. The van der Waals surface area contributed by atoms with Crippen LogP contribution in [0.3, 0.4) is 0 Å². The van der Waals surface area contributed by atoms with E-state index in [4.69, 9.17) is 4.74 Å². The summed E-state index contributed by atoms with van der Waals surface area (Å²) in [6.07, 6.45) is 3.40. The highest BCUT2D eigenvalue weighted by molar-refractivity contribution is 7.99. The van der Waals surface area contributed by atoms with Gasteiger partial charge in [0.2, 0.25) is 5.91 Å². The Balaban J connectivity index is 1.52. The zero-order valence-corrected chi connectivity index (χ0v) is 21.1. The standard InChI is InChI=1S/C28H30N4O2S/c1-4-5-8-21-10-12-23(13-11-21)29-26(33)19-35-28-31-30-27(22-9-6-7-20(2)18-22)32(28)24-14-16-25(34-3)17-15-24/h6-7,9-18H,4-5,8,19H2,1-3H3,(H,29,33). The lowest BCUT2D eigenvalue weighted by atomic mass is 10.1. The van der Waals surface area contributed by atoms with Crippen LogP contribution in [0.25, 0.3) is 17.1 Å². The molecule has 0 aliphatic rings. The second-order valence-electron chi connectivity index (χ2n) is 8.35. The zero-order valence-electron chi connectivity index (χ0n) is 20.3. The maximum atomic E-state index is 12.7. The summed E-state index contributed by atoms with van der Waals surface area (Å²) < 4.78 is 7.29. The van der Waals surface area contributed by atoms with Crippen LogP contribution in [0, 0.1) is 6.92 Å². The quantitative estimate of drug-likeness (QED) is 0.266. The van der Waals surface area contributed by atoms with Gasteiger partial charge in [-0.3, -0.25) is 9.36 Å². The number of aryl methyl sites for hydroxylation is 2. The van der Waals surface area contributed by atoms with Crippen LogP contribution in [-0.4, -0.2) is 33.5 Å². The molecule has 1 heterocycles. The van der Waals surface area contributed by atoms with E-state index in [1.165, 1.54) is 30.2 Å². The van der Waals surface area contributed by atoms with E-state index in [-0.39, 0.29) is 11.7 Å². The van der Waals surface area contributed by atoms with E-state index in [0.717, 1.165) is 40.5 Å². The van der Waals surface area contributed by atoms with Crippen molar-refractivity contribution in [2.75, 3.05) is 18.2 Å². The normalized spacial score (nSPS) is 10.8. The monoisotopic (exact) mass is 486 g/mol. The van der Waals surface area contributed by atoms with Crippen molar-refractivity contribution in [1.29, 1.82) is 0 Å². The number of benzene rings is 3. The Morgan fingerprint density at radius 1 is 1.03 bits per heavy atom. The molecule has 4 aromatic rings. The number of ether oxygens (including phenoxy) is 1. The van der Waals surface area contributed by atoms with Gasteiger partial charge in [-0.1, -0.05) is 61.0 Å². The fraction of sp³-hybridized carbons (Fsp3) is 0.250. The molecule has 0 saturated carbocycles. The van der Waals surface area contributed by atoms with Gasteiger partial charge in [-0.25, -0.2) is 0 Å². The molecular formula is C28H30N4O2S. The molecule has 0 radical (unpaired) electrons.